The second kappa shape index (κ2) is 17.6. The molecule has 0 radical (unpaired) electrons. The van der Waals surface area contributed by atoms with Crippen molar-refractivity contribution < 1.29 is 36.7 Å². The number of fused-ring (bicyclic) bond motifs is 1. The summed E-state index contributed by atoms with van der Waals surface area (Å²) in [6, 6.07) is 11.2. The molecule has 13 nitrogen and oxygen atoms in total. The Kier molecular flexibility index (Phi) is 13.0. The number of carbonyl (C=O) groups excluding carboxylic acids is 3. The molecule has 3 aromatic rings. The first kappa shape index (κ1) is 38.3. The van der Waals surface area contributed by atoms with Crippen LogP contribution >= 0.6 is 11.6 Å². The van der Waals surface area contributed by atoms with Crippen LogP contribution in [0, 0.1) is 11.8 Å². The first-order chi connectivity index (χ1) is 25.0. The Balaban J connectivity index is 1.24. The van der Waals surface area contributed by atoms with Gasteiger partial charge in [0.05, 0.1) is 25.0 Å². The average molecular weight is 758 g/mol. The lowest BCUT2D eigenvalue weighted by atomic mass is 9.90. The second-order valence-electron chi connectivity index (χ2n) is 14.2. The monoisotopic (exact) mass is 757 g/mol. The number of halogens is 1. The number of carbonyl (C=O) groups is 3. The van der Waals surface area contributed by atoms with Crippen LogP contribution < -0.4 is 15.4 Å². The lowest BCUT2D eigenvalue weighted by Crippen LogP contribution is -2.55. The fourth-order valence-corrected chi connectivity index (χ4v) is 8.27. The van der Waals surface area contributed by atoms with Crippen molar-refractivity contribution in [2.75, 3.05) is 39.1 Å². The summed E-state index contributed by atoms with van der Waals surface area (Å²) in [5.41, 5.74) is 1.86. The van der Waals surface area contributed by atoms with Gasteiger partial charge < -0.3 is 29.4 Å². The van der Waals surface area contributed by atoms with E-state index in [1.807, 2.05) is 12.1 Å². The van der Waals surface area contributed by atoms with Crippen molar-refractivity contribution >= 4 is 50.3 Å². The Labute approximate surface area is 309 Å². The number of sulfonamides is 1. The van der Waals surface area contributed by atoms with Crippen molar-refractivity contribution in [1.82, 2.24) is 25.2 Å². The minimum Gasteiger partial charge on any atom is -0.434 e. The summed E-state index contributed by atoms with van der Waals surface area (Å²) < 4.78 is 45.2. The number of likely N-dealkylation sites (tertiary alicyclic amines) is 1. The maximum Gasteiger partial charge on any atom is 0.266 e. The maximum atomic E-state index is 14.4. The molecule has 4 atom stereocenters. The number of nitrogens with zero attached hydrogens (tertiary/aromatic N) is 2. The van der Waals surface area contributed by atoms with Crippen LogP contribution in [0.4, 0.5) is 0 Å². The lowest BCUT2D eigenvalue weighted by Gasteiger charge is -2.31. The Morgan fingerprint density at radius 1 is 1.02 bits per heavy atom. The molecule has 3 N–H and O–H groups in total. The topological polar surface area (TPSA) is 169 Å². The van der Waals surface area contributed by atoms with Crippen LogP contribution in [-0.4, -0.2) is 99.2 Å². The van der Waals surface area contributed by atoms with Crippen LogP contribution in [0.3, 0.4) is 0 Å². The number of Topliss-reactive ketones (excluding diaryl/α,β-unsaturated/α-hetero) is 1. The van der Waals surface area contributed by atoms with Gasteiger partial charge in [-0.2, -0.15) is 0 Å². The van der Waals surface area contributed by atoms with Gasteiger partial charge in [-0.25, -0.2) is 18.1 Å². The van der Waals surface area contributed by atoms with E-state index < -0.39 is 51.9 Å². The summed E-state index contributed by atoms with van der Waals surface area (Å²) in [5.74, 6) is -1.11. The van der Waals surface area contributed by atoms with E-state index in [9.17, 15) is 22.8 Å². The summed E-state index contributed by atoms with van der Waals surface area (Å²) in [5, 5.41) is 6.89. The molecule has 15 heteroatoms. The summed E-state index contributed by atoms with van der Waals surface area (Å²) in [6.07, 6.45) is 5.31. The highest BCUT2D eigenvalue weighted by molar-refractivity contribution is 7.88. The van der Waals surface area contributed by atoms with Gasteiger partial charge in [-0.1, -0.05) is 35.9 Å². The number of benzene rings is 2. The van der Waals surface area contributed by atoms with Gasteiger partial charge in [0, 0.05) is 31.2 Å². The number of nitrogens with one attached hydrogen (secondary N) is 3. The van der Waals surface area contributed by atoms with E-state index in [1.165, 1.54) is 4.90 Å². The van der Waals surface area contributed by atoms with Crippen LogP contribution in [0.15, 0.2) is 52.9 Å². The van der Waals surface area contributed by atoms with E-state index in [4.69, 9.17) is 25.5 Å². The molecular formula is C37H48ClN5O8S. The molecule has 0 aliphatic carbocycles. The average Bonchev–Trinajstić information content (AvgIpc) is 3.78. The number of ketones is 1. The Morgan fingerprint density at radius 2 is 1.75 bits per heavy atom. The summed E-state index contributed by atoms with van der Waals surface area (Å²) >= 11 is 6.06. The number of ether oxygens (including phenoxy) is 2. The third-order valence-electron chi connectivity index (χ3n) is 10.3. The molecular weight excluding hydrogens is 710 g/mol. The van der Waals surface area contributed by atoms with Crippen LogP contribution in [-0.2, 0) is 35.7 Å². The predicted molar refractivity (Wildman–Crippen MR) is 195 cm³/mol. The van der Waals surface area contributed by atoms with E-state index >= 15 is 0 Å². The third kappa shape index (κ3) is 10.4. The highest BCUT2D eigenvalue weighted by Gasteiger charge is 2.44. The fourth-order valence-electron chi connectivity index (χ4n) is 7.41. The molecule has 4 heterocycles. The highest BCUT2D eigenvalue weighted by Crippen LogP contribution is 2.28. The van der Waals surface area contributed by atoms with Gasteiger partial charge >= 0.3 is 0 Å². The zero-order valence-electron chi connectivity index (χ0n) is 29.4. The number of rotatable bonds is 15. The molecule has 2 amide bonds. The molecule has 0 spiro atoms. The SMILES string of the molecule is CS(=O)(=O)N[C@H](CCC1CCNCC1)C(=O)N1C[C@H](OCc2ccc(Cl)cc2)C[C@H]1C(=O)N[C@@H](CC1CCOCC1)C(=O)c1nc2ccccc2o1. The van der Waals surface area contributed by atoms with Crippen LogP contribution in [0.1, 0.15) is 67.6 Å². The molecule has 0 bridgehead atoms. The zero-order valence-corrected chi connectivity index (χ0v) is 31.0. The number of oxazole rings is 1. The summed E-state index contributed by atoms with van der Waals surface area (Å²) in [4.78, 5) is 48.5. The van der Waals surface area contributed by atoms with Crippen molar-refractivity contribution in [1.29, 1.82) is 0 Å². The van der Waals surface area contributed by atoms with Gasteiger partial charge in [0.1, 0.15) is 17.6 Å². The van der Waals surface area contributed by atoms with E-state index in [-0.39, 0.29) is 31.4 Å². The van der Waals surface area contributed by atoms with E-state index in [0.717, 1.165) is 50.6 Å². The largest absolute Gasteiger partial charge is 0.434 e. The van der Waals surface area contributed by atoms with Gasteiger partial charge in [-0.05, 0) is 99.7 Å². The quantitative estimate of drug-likeness (QED) is 0.194. The first-order valence-electron chi connectivity index (χ1n) is 18.1. The second-order valence-corrected chi connectivity index (χ2v) is 16.4. The van der Waals surface area contributed by atoms with Crippen molar-refractivity contribution in [3.8, 4) is 0 Å². The highest BCUT2D eigenvalue weighted by atomic mass is 35.5. The number of hydrogen-bond donors (Lipinski definition) is 3. The minimum absolute atomic E-state index is 0.0729. The van der Waals surface area contributed by atoms with Crippen molar-refractivity contribution in [2.24, 2.45) is 11.8 Å². The normalized spacial score (nSPS) is 21.6. The predicted octanol–water partition coefficient (Wildman–Crippen LogP) is 3.85. The first-order valence-corrected chi connectivity index (χ1v) is 20.4. The number of piperidine rings is 1. The molecule has 52 heavy (non-hydrogen) atoms. The number of aromatic nitrogens is 1. The molecule has 282 valence electrons. The number of hydrogen-bond acceptors (Lipinski definition) is 10. The molecule has 3 fully saturated rings. The van der Waals surface area contributed by atoms with Gasteiger partial charge in [0.2, 0.25) is 27.6 Å². The van der Waals surface area contributed by atoms with E-state index in [2.05, 4.69) is 20.3 Å². The molecule has 3 aliphatic rings. The standard InChI is InChI=1S/C37H48ClN5O8S/c1-52(47,48)42-30(11-8-24-12-16-39-17-13-24)37(46)43-22-28(50-23-26-6-9-27(38)10-7-26)21-32(43)35(45)40-31(20-25-14-18-49-19-15-25)34(44)36-41-29-4-2-3-5-33(29)51-36/h2-7,9-10,24-25,28,30-32,39,42H,8,11-23H2,1H3,(H,40,45)/t28-,30-,31+,32+/m1/s1. The molecule has 0 saturated carbocycles. The Bertz CT molecular complexity index is 1760. The molecule has 6 rings (SSSR count). The Morgan fingerprint density at radius 3 is 2.46 bits per heavy atom. The number of para-hydroxylation sites is 2. The summed E-state index contributed by atoms with van der Waals surface area (Å²) in [6.45, 7) is 3.17. The van der Waals surface area contributed by atoms with Gasteiger partial charge in [-0.3, -0.25) is 14.4 Å². The number of amides is 2. The molecule has 1 aromatic heterocycles. The lowest BCUT2D eigenvalue weighted by molar-refractivity contribution is -0.140. The maximum absolute atomic E-state index is 14.4. The third-order valence-corrected chi connectivity index (χ3v) is 11.2. The van der Waals surface area contributed by atoms with Crippen LogP contribution in [0.2, 0.25) is 5.02 Å². The van der Waals surface area contributed by atoms with Crippen molar-refractivity contribution in [2.45, 2.75) is 82.2 Å². The van der Waals surface area contributed by atoms with Crippen molar-refractivity contribution in [3.63, 3.8) is 0 Å². The molecule has 2 aromatic carbocycles. The van der Waals surface area contributed by atoms with E-state index in [1.54, 1.807) is 36.4 Å². The van der Waals surface area contributed by atoms with Gasteiger partial charge in [0.15, 0.2) is 5.58 Å². The van der Waals surface area contributed by atoms with Crippen LogP contribution in [0.5, 0.6) is 0 Å². The minimum atomic E-state index is -3.77. The zero-order chi connectivity index (χ0) is 36.7. The van der Waals surface area contributed by atoms with Crippen molar-refractivity contribution in [3.05, 3.63) is 65.0 Å². The molecule has 0 unspecified atom stereocenters. The smallest absolute Gasteiger partial charge is 0.266 e. The fraction of sp³-hybridized carbons (Fsp3) is 0.568. The molecule has 3 saturated heterocycles. The van der Waals surface area contributed by atoms with Crippen LogP contribution in [0.25, 0.3) is 11.1 Å². The Hall–Kier alpha value is -3.40. The van der Waals surface area contributed by atoms with Gasteiger partial charge in [-0.15, -0.1) is 0 Å². The van der Waals surface area contributed by atoms with E-state index in [0.29, 0.717) is 54.5 Å². The molecule has 3 aliphatic heterocycles. The summed E-state index contributed by atoms with van der Waals surface area (Å²) in [7, 11) is -3.77. The van der Waals surface area contributed by atoms with Gasteiger partial charge in [0.25, 0.3) is 5.89 Å².